The lowest BCUT2D eigenvalue weighted by Gasteiger charge is -2.07. The summed E-state index contributed by atoms with van der Waals surface area (Å²) in [5.74, 6) is 0.677. The van der Waals surface area contributed by atoms with E-state index in [9.17, 15) is 0 Å². The fourth-order valence-corrected chi connectivity index (χ4v) is 3.86. The van der Waals surface area contributed by atoms with Gasteiger partial charge in [0.15, 0.2) is 5.16 Å². The number of fused-ring (bicyclic) bond motifs is 1. The van der Waals surface area contributed by atoms with Crippen molar-refractivity contribution in [3.05, 3.63) is 65.4 Å². The molecular formula is C19H18ClN5OS. The molecule has 0 aliphatic rings. The summed E-state index contributed by atoms with van der Waals surface area (Å²) < 4.78 is 7.40. The number of hydrogen-bond acceptors (Lipinski definition) is 5. The first kappa shape index (κ1) is 18.0. The van der Waals surface area contributed by atoms with Crippen LogP contribution in [0, 0.1) is 0 Å². The van der Waals surface area contributed by atoms with Gasteiger partial charge in [-0.1, -0.05) is 41.6 Å². The van der Waals surface area contributed by atoms with Crippen molar-refractivity contribution in [2.75, 3.05) is 13.7 Å². The molecule has 0 aliphatic carbocycles. The molecule has 0 atom stereocenters. The highest BCUT2D eigenvalue weighted by molar-refractivity contribution is 7.98. The van der Waals surface area contributed by atoms with Crippen LogP contribution in [-0.2, 0) is 17.0 Å². The molecule has 2 heterocycles. The Labute approximate surface area is 166 Å². The van der Waals surface area contributed by atoms with Crippen molar-refractivity contribution in [2.45, 2.75) is 17.5 Å². The van der Waals surface area contributed by atoms with Gasteiger partial charge in [0.05, 0.1) is 35.2 Å². The Kier molecular flexibility index (Phi) is 5.42. The Hall–Kier alpha value is -2.35. The number of nitrogens with zero attached hydrogens (tertiary/aromatic N) is 5. The highest BCUT2D eigenvalue weighted by Crippen LogP contribution is 2.28. The van der Waals surface area contributed by atoms with E-state index < -0.39 is 0 Å². The van der Waals surface area contributed by atoms with Crippen LogP contribution in [0.4, 0.5) is 0 Å². The van der Waals surface area contributed by atoms with Crippen LogP contribution in [0.2, 0.25) is 5.02 Å². The average Bonchev–Trinajstić information content (AvgIpc) is 3.29. The minimum Gasteiger partial charge on any atom is -0.383 e. The van der Waals surface area contributed by atoms with Crippen LogP contribution in [0.1, 0.15) is 5.69 Å². The molecule has 0 fully saturated rings. The Morgan fingerprint density at radius 1 is 1.15 bits per heavy atom. The third-order valence-electron chi connectivity index (χ3n) is 4.07. The van der Waals surface area contributed by atoms with E-state index in [4.69, 9.17) is 21.3 Å². The number of methoxy groups -OCH3 is 1. The maximum Gasteiger partial charge on any atom is 0.169 e. The van der Waals surface area contributed by atoms with Gasteiger partial charge in [-0.05, 0) is 30.3 Å². The predicted molar refractivity (Wildman–Crippen MR) is 108 cm³/mol. The fraction of sp³-hybridized carbons (Fsp3) is 0.211. The quantitative estimate of drug-likeness (QED) is 0.436. The first-order valence-corrected chi connectivity index (χ1v) is 9.85. The molecular weight excluding hydrogens is 382 g/mol. The molecule has 0 spiro atoms. The van der Waals surface area contributed by atoms with E-state index in [0.717, 1.165) is 34.1 Å². The normalized spacial score (nSPS) is 11.3. The smallest absolute Gasteiger partial charge is 0.169 e. The summed E-state index contributed by atoms with van der Waals surface area (Å²) in [6.07, 6.45) is 1.79. The van der Waals surface area contributed by atoms with E-state index in [0.29, 0.717) is 17.4 Å². The van der Waals surface area contributed by atoms with Crippen LogP contribution in [0.25, 0.3) is 16.7 Å². The zero-order chi connectivity index (χ0) is 18.6. The van der Waals surface area contributed by atoms with Crippen LogP contribution in [0.15, 0.2) is 59.9 Å². The topological polar surface area (TPSA) is 57.8 Å². The highest BCUT2D eigenvalue weighted by Gasteiger charge is 2.13. The van der Waals surface area contributed by atoms with Crippen molar-refractivity contribution < 1.29 is 4.74 Å². The molecule has 4 rings (SSSR count). The number of hydrogen-bond donors (Lipinski definition) is 0. The molecule has 0 saturated carbocycles. The predicted octanol–water partition coefficient (Wildman–Crippen LogP) is 4.21. The molecule has 0 N–H and O–H groups in total. The van der Waals surface area contributed by atoms with Crippen LogP contribution in [0.3, 0.4) is 0 Å². The second-order valence-electron chi connectivity index (χ2n) is 5.92. The molecule has 6 nitrogen and oxygen atoms in total. The summed E-state index contributed by atoms with van der Waals surface area (Å²) in [6.45, 7) is 1.35. The maximum absolute atomic E-state index is 6.12. The summed E-state index contributed by atoms with van der Waals surface area (Å²) in [4.78, 5) is 6.38. The summed E-state index contributed by atoms with van der Waals surface area (Å²) in [6, 6.07) is 15.6. The molecule has 0 radical (unpaired) electrons. The molecule has 2 aromatic carbocycles. The molecule has 138 valence electrons. The molecule has 0 bridgehead atoms. The monoisotopic (exact) mass is 399 g/mol. The number of thioether (sulfide) groups is 1. The molecule has 0 amide bonds. The van der Waals surface area contributed by atoms with Crippen LogP contribution >= 0.6 is 23.4 Å². The van der Waals surface area contributed by atoms with E-state index in [2.05, 4.69) is 14.8 Å². The standard InChI is InChI=1S/C19H18ClN5OS/c1-26-10-9-24-18-8-7-14(20)11-17(18)22-19(24)27-13-15-12-21-25(23-15)16-5-3-2-4-6-16/h2-8,11-12H,9-10,13H2,1H3. The van der Waals surface area contributed by atoms with Gasteiger partial charge in [0, 0.05) is 24.4 Å². The van der Waals surface area contributed by atoms with E-state index in [-0.39, 0.29) is 0 Å². The Morgan fingerprint density at radius 2 is 2.00 bits per heavy atom. The largest absolute Gasteiger partial charge is 0.383 e. The van der Waals surface area contributed by atoms with Crippen LogP contribution < -0.4 is 0 Å². The van der Waals surface area contributed by atoms with Crippen molar-refractivity contribution in [3.8, 4) is 5.69 Å². The second kappa shape index (κ2) is 8.12. The number of imidazole rings is 1. The lowest BCUT2D eigenvalue weighted by Crippen LogP contribution is -2.05. The maximum atomic E-state index is 6.12. The summed E-state index contributed by atoms with van der Waals surface area (Å²) in [7, 11) is 1.70. The highest BCUT2D eigenvalue weighted by atomic mass is 35.5. The van der Waals surface area contributed by atoms with E-state index in [1.165, 1.54) is 0 Å². The Bertz CT molecular complexity index is 1050. The number of benzene rings is 2. The van der Waals surface area contributed by atoms with Gasteiger partial charge in [-0.2, -0.15) is 15.0 Å². The lowest BCUT2D eigenvalue weighted by atomic mass is 10.3. The minimum atomic E-state index is 0.617. The summed E-state index contributed by atoms with van der Waals surface area (Å²) in [5.41, 5.74) is 3.77. The number of ether oxygens (including phenoxy) is 1. The Balaban J connectivity index is 1.55. The molecule has 27 heavy (non-hydrogen) atoms. The number of para-hydroxylation sites is 1. The molecule has 8 heteroatoms. The van der Waals surface area contributed by atoms with Crippen LogP contribution in [0.5, 0.6) is 0 Å². The molecule has 0 saturated heterocycles. The lowest BCUT2D eigenvalue weighted by molar-refractivity contribution is 0.186. The summed E-state index contributed by atoms with van der Waals surface area (Å²) >= 11 is 7.74. The van der Waals surface area contributed by atoms with Gasteiger partial charge >= 0.3 is 0 Å². The average molecular weight is 400 g/mol. The van der Waals surface area contributed by atoms with Crippen molar-refractivity contribution in [3.63, 3.8) is 0 Å². The molecule has 4 aromatic rings. The van der Waals surface area contributed by atoms with E-state index in [1.54, 1.807) is 29.9 Å². The number of rotatable bonds is 7. The zero-order valence-corrected chi connectivity index (χ0v) is 16.3. The van der Waals surface area contributed by atoms with Gasteiger partial charge in [-0.3, -0.25) is 0 Å². The van der Waals surface area contributed by atoms with Gasteiger partial charge in [0.25, 0.3) is 0 Å². The summed E-state index contributed by atoms with van der Waals surface area (Å²) in [5, 5.41) is 10.5. The van der Waals surface area contributed by atoms with Gasteiger partial charge < -0.3 is 9.30 Å². The van der Waals surface area contributed by atoms with Crippen molar-refractivity contribution in [1.82, 2.24) is 24.5 Å². The SMILES string of the molecule is COCCn1c(SCc2cnn(-c3ccccc3)n2)nc2cc(Cl)ccc21. The van der Waals surface area contributed by atoms with Crippen molar-refractivity contribution >= 4 is 34.4 Å². The van der Waals surface area contributed by atoms with Gasteiger partial charge in [0.1, 0.15) is 0 Å². The Morgan fingerprint density at radius 3 is 2.81 bits per heavy atom. The number of halogens is 1. The second-order valence-corrected chi connectivity index (χ2v) is 7.30. The fourth-order valence-electron chi connectivity index (χ4n) is 2.77. The third-order valence-corrected chi connectivity index (χ3v) is 5.31. The molecule has 0 aliphatic heterocycles. The van der Waals surface area contributed by atoms with E-state index in [1.807, 2.05) is 48.5 Å². The number of aromatic nitrogens is 5. The first-order chi connectivity index (χ1) is 13.2. The zero-order valence-electron chi connectivity index (χ0n) is 14.7. The molecule has 0 unspecified atom stereocenters. The van der Waals surface area contributed by atoms with Crippen molar-refractivity contribution in [2.24, 2.45) is 0 Å². The van der Waals surface area contributed by atoms with Gasteiger partial charge in [-0.25, -0.2) is 4.98 Å². The van der Waals surface area contributed by atoms with Crippen molar-refractivity contribution in [1.29, 1.82) is 0 Å². The van der Waals surface area contributed by atoms with E-state index >= 15 is 0 Å². The minimum absolute atomic E-state index is 0.617. The van der Waals surface area contributed by atoms with Gasteiger partial charge in [0.2, 0.25) is 0 Å². The van der Waals surface area contributed by atoms with Crippen LogP contribution in [-0.4, -0.2) is 38.3 Å². The molecule has 2 aromatic heterocycles. The first-order valence-electron chi connectivity index (χ1n) is 8.49. The van der Waals surface area contributed by atoms with Gasteiger partial charge in [-0.15, -0.1) is 0 Å². The third kappa shape index (κ3) is 4.00.